The minimum Gasteiger partial charge on any atom is -0.339 e. The number of piperidine rings is 1. The van der Waals surface area contributed by atoms with Crippen molar-refractivity contribution in [3.8, 4) is 11.3 Å². The van der Waals surface area contributed by atoms with Crippen LogP contribution >= 0.6 is 11.6 Å². The van der Waals surface area contributed by atoms with Crippen LogP contribution < -0.4 is 0 Å². The molecule has 3 aromatic rings. The van der Waals surface area contributed by atoms with Crippen LogP contribution in [-0.4, -0.2) is 39.9 Å². The molecule has 1 aliphatic heterocycles. The highest BCUT2D eigenvalue weighted by Crippen LogP contribution is 2.40. The van der Waals surface area contributed by atoms with Gasteiger partial charge in [-0.25, -0.2) is 0 Å². The van der Waals surface area contributed by atoms with E-state index in [0.29, 0.717) is 16.1 Å². The fourth-order valence-electron chi connectivity index (χ4n) is 5.23. The molecule has 1 aromatic heterocycles. The molecule has 5 rings (SSSR count). The Bertz CT molecular complexity index is 1170. The number of carbonyl (C=O) groups is 2. The molecule has 0 radical (unpaired) electrons. The van der Waals surface area contributed by atoms with Crippen LogP contribution in [0.5, 0.6) is 0 Å². The summed E-state index contributed by atoms with van der Waals surface area (Å²) in [6, 6.07) is 13.2. The van der Waals surface area contributed by atoms with Crippen LogP contribution in [0.25, 0.3) is 11.3 Å². The maximum atomic E-state index is 13.6. The molecule has 6 heteroatoms. The summed E-state index contributed by atoms with van der Waals surface area (Å²) in [5.74, 6) is -0.137. The summed E-state index contributed by atoms with van der Waals surface area (Å²) in [4.78, 5) is 28.4. The molecule has 170 valence electrons. The largest absolute Gasteiger partial charge is 0.339 e. The predicted octanol–water partition coefficient (Wildman–Crippen LogP) is 5.97. The predicted molar refractivity (Wildman–Crippen MR) is 130 cm³/mol. The van der Waals surface area contributed by atoms with Crippen molar-refractivity contribution < 1.29 is 9.59 Å². The molecule has 33 heavy (non-hydrogen) atoms. The number of likely N-dealkylation sites (tertiary alicyclic amines) is 1. The van der Waals surface area contributed by atoms with Gasteiger partial charge in [0.2, 0.25) is 0 Å². The smallest absolute Gasteiger partial charge is 0.253 e. The van der Waals surface area contributed by atoms with Crippen LogP contribution in [0, 0.1) is 6.92 Å². The zero-order valence-corrected chi connectivity index (χ0v) is 19.6. The molecule has 5 nitrogen and oxygen atoms in total. The van der Waals surface area contributed by atoms with Gasteiger partial charge in [0.25, 0.3) is 5.91 Å². The third-order valence-electron chi connectivity index (χ3n) is 6.98. The van der Waals surface area contributed by atoms with Crippen LogP contribution in [0.15, 0.2) is 42.5 Å². The van der Waals surface area contributed by atoms with Gasteiger partial charge in [0.15, 0.2) is 5.78 Å². The number of ketones is 1. The van der Waals surface area contributed by atoms with E-state index in [4.69, 9.17) is 11.6 Å². The lowest BCUT2D eigenvalue weighted by Crippen LogP contribution is -2.35. The molecule has 0 spiro atoms. The summed E-state index contributed by atoms with van der Waals surface area (Å²) in [5, 5.41) is 8.26. The first-order chi connectivity index (χ1) is 16.0. The number of nitrogens with zero attached hydrogens (tertiary/aromatic N) is 2. The number of aromatic amines is 1. The first-order valence-electron chi connectivity index (χ1n) is 11.8. The fourth-order valence-corrected chi connectivity index (χ4v) is 5.55. The quantitative estimate of drug-likeness (QED) is 0.487. The monoisotopic (exact) mass is 461 g/mol. The second kappa shape index (κ2) is 9.14. The second-order valence-corrected chi connectivity index (χ2v) is 9.54. The number of hydrogen-bond donors (Lipinski definition) is 1. The number of aromatic nitrogens is 2. The molecule has 0 saturated carbocycles. The first-order valence-corrected chi connectivity index (χ1v) is 12.2. The average molecular weight is 462 g/mol. The molecule has 1 aliphatic carbocycles. The van der Waals surface area contributed by atoms with Gasteiger partial charge in [-0.05, 0) is 69.2 Å². The SMILES string of the molecule is Cc1cccc(Cl)c1C(=O)C1CCCc2[nH]nc(-c3ccc(C(=O)N4CCCCC4)cc3)c21. The van der Waals surface area contributed by atoms with E-state index in [1.54, 1.807) is 6.07 Å². The summed E-state index contributed by atoms with van der Waals surface area (Å²) in [6.45, 7) is 3.59. The Kier molecular flexibility index (Phi) is 6.07. The standard InChI is InChI=1S/C27H28ClN3O2/c1-17-7-5-9-21(28)23(17)26(32)20-8-6-10-22-24(20)25(30-29-22)18-11-13-19(14-12-18)27(33)31-15-3-2-4-16-31/h5,7,9,11-14,20H,2-4,6,8,10,15-16H2,1H3,(H,29,30). The van der Waals surface area contributed by atoms with Crippen molar-refractivity contribution in [3.05, 3.63) is 75.4 Å². The molecule has 2 aliphatic rings. The summed E-state index contributed by atoms with van der Waals surface area (Å²) in [6.07, 6.45) is 5.92. The number of carbonyl (C=O) groups excluding carboxylic acids is 2. The minimum atomic E-state index is -0.282. The van der Waals surface area contributed by atoms with Gasteiger partial charge < -0.3 is 4.90 Å². The Morgan fingerprint density at radius 3 is 2.52 bits per heavy atom. The summed E-state index contributed by atoms with van der Waals surface area (Å²) in [5.41, 5.74) is 5.90. The summed E-state index contributed by atoms with van der Waals surface area (Å²) < 4.78 is 0. The van der Waals surface area contributed by atoms with Gasteiger partial charge in [-0.1, -0.05) is 35.9 Å². The molecule has 1 saturated heterocycles. The first kappa shape index (κ1) is 21.9. The number of nitrogens with one attached hydrogen (secondary N) is 1. The normalized spacial score (nSPS) is 18.1. The van der Waals surface area contributed by atoms with Crippen LogP contribution in [0.4, 0.5) is 0 Å². The van der Waals surface area contributed by atoms with Crippen LogP contribution in [0.2, 0.25) is 5.02 Å². The van der Waals surface area contributed by atoms with Gasteiger partial charge in [0, 0.05) is 41.0 Å². The number of fused-ring (bicyclic) bond motifs is 1. The van der Waals surface area contributed by atoms with Gasteiger partial charge in [0.1, 0.15) is 0 Å². The third kappa shape index (κ3) is 4.10. The number of Topliss-reactive ketones (excluding diaryl/α,β-unsaturated/α-hetero) is 1. The van der Waals surface area contributed by atoms with Crippen molar-refractivity contribution in [1.82, 2.24) is 15.1 Å². The van der Waals surface area contributed by atoms with Crippen LogP contribution in [0.3, 0.4) is 0 Å². The number of aryl methyl sites for hydroxylation is 2. The van der Waals surface area contributed by atoms with Crippen molar-refractivity contribution in [3.63, 3.8) is 0 Å². The lowest BCUT2D eigenvalue weighted by molar-refractivity contribution is 0.0724. The molecule has 2 aromatic carbocycles. The number of rotatable bonds is 4. The molecule has 1 unspecified atom stereocenters. The van der Waals surface area contributed by atoms with Gasteiger partial charge in [-0.3, -0.25) is 14.7 Å². The molecule has 1 N–H and O–H groups in total. The van der Waals surface area contributed by atoms with E-state index in [0.717, 1.165) is 73.3 Å². The van der Waals surface area contributed by atoms with Crippen molar-refractivity contribution >= 4 is 23.3 Å². The number of amides is 1. The van der Waals surface area contributed by atoms with Crippen LogP contribution in [0.1, 0.15) is 75.6 Å². The van der Waals surface area contributed by atoms with Gasteiger partial charge in [0.05, 0.1) is 16.6 Å². The molecule has 0 bridgehead atoms. The molecular weight excluding hydrogens is 434 g/mol. The fraction of sp³-hybridized carbons (Fsp3) is 0.370. The van der Waals surface area contributed by atoms with Crippen LogP contribution in [-0.2, 0) is 6.42 Å². The zero-order chi connectivity index (χ0) is 22.9. The average Bonchev–Trinajstić information content (AvgIpc) is 3.28. The van der Waals surface area contributed by atoms with Crippen molar-refractivity contribution in [2.75, 3.05) is 13.1 Å². The molecule has 2 heterocycles. The summed E-state index contributed by atoms with van der Waals surface area (Å²) in [7, 11) is 0. The molecule has 1 fully saturated rings. The Morgan fingerprint density at radius 1 is 1.03 bits per heavy atom. The lowest BCUT2D eigenvalue weighted by Gasteiger charge is -2.26. The topological polar surface area (TPSA) is 66.1 Å². The Balaban J connectivity index is 1.46. The highest BCUT2D eigenvalue weighted by atomic mass is 35.5. The summed E-state index contributed by atoms with van der Waals surface area (Å²) >= 11 is 6.43. The van der Waals surface area contributed by atoms with Gasteiger partial charge in [-0.15, -0.1) is 0 Å². The van der Waals surface area contributed by atoms with Crippen molar-refractivity contribution in [2.24, 2.45) is 0 Å². The van der Waals surface area contributed by atoms with Gasteiger partial charge >= 0.3 is 0 Å². The lowest BCUT2D eigenvalue weighted by atomic mass is 9.79. The number of H-pyrrole nitrogens is 1. The Hall–Kier alpha value is -2.92. The zero-order valence-electron chi connectivity index (χ0n) is 18.9. The van der Waals surface area contributed by atoms with E-state index in [-0.39, 0.29) is 17.6 Å². The van der Waals surface area contributed by atoms with E-state index >= 15 is 0 Å². The highest BCUT2D eigenvalue weighted by Gasteiger charge is 2.33. The van der Waals surface area contributed by atoms with Crippen molar-refractivity contribution in [2.45, 2.75) is 51.4 Å². The molecular formula is C27H28ClN3O2. The minimum absolute atomic E-state index is 0.0543. The van der Waals surface area contributed by atoms with E-state index < -0.39 is 0 Å². The van der Waals surface area contributed by atoms with Gasteiger partial charge in [-0.2, -0.15) is 5.10 Å². The van der Waals surface area contributed by atoms with E-state index in [2.05, 4.69) is 10.2 Å². The van der Waals surface area contributed by atoms with E-state index in [9.17, 15) is 9.59 Å². The van der Waals surface area contributed by atoms with E-state index in [1.165, 1.54) is 6.42 Å². The molecule has 1 atom stereocenters. The Morgan fingerprint density at radius 2 is 1.79 bits per heavy atom. The number of benzene rings is 2. The Labute approximate surface area is 199 Å². The molecule has 1 amide bonds. The number of halogens is 1. The highest BCUT2D eigenvalue weighted by molar-refractivity contribution is 6.34. The third-order valence-corrected chi connectivity index (χ3v) is 7.30. The van der Waals surface area contributed by atoms with Crippen molar-refractivity contribution in [1.29, 1.82) is 0 Å². The second-order valence-electron chi connectivity index (χ2n) is 9.14. The maximum Gasteiger partial charge on any atom is 0.253 e. The number of hydrogen-bond acceptors (Lipinski definition) is 3. The van der Waals surface area contributed by atoms with E-state index in [1.807, 2.05) is 48.2 Å². The maximum absolute atomic E-state index is 13.6.